The lowest BCUT2D eigenvalue weighted by Gasteiger charge is -1.94. The van der Waals surface area contributed by atoms with Gasteiger partial charge < -0.3 is 5.11 Å². The van der Waals surface area contributed by atoms with Crippen LogP contribution >= 0.6 is 11.3 Å². The van der Waals surface area contributed by atoms with Gasteiger partial charge in [-0.25, -0.2) is 4.79 Å². The van der Waals surface area contributed by atoms with E-state index in [1.807, 2.05) is 50.2 Å². The molecule has 0 aliphatic heterocycles. The molecule has 0 spiro atoms. The minimum Gasteiger partial charge on any atom is -0.477 e. The van der Waals surface area contributed by atoms with Gasteiger partial charge in [0, 0.05) is 4.88 Å². The molecule has 1 aromatic heterocycles. The van der Waals surface area contributed by atoms with Gasteiger partial charge in [-0.15, -0.1) is 11.3 Å². The summed E-state index contributed by atoms with van der Waals surface area (Å²) in [5, 5.41) is 9.16. The Bertz CT molecular complexity index is 515. The molecule has 2 nitrogen and oxygen atoms in total. The average Bonchev–Trinajstić information content (AvgIpc) is 2.87. The van der Waals surface area contributed by atoms with E-state index >= 15 is 0 Å². The number of aryl methyl sites for hydroxylation is 1. The van der Waals surface area contributed by atoms with Crippen molar-refractivity contribution in [1.82, 2.24) is 0 Å². The zero-order chi connectivity index (χ0) is 14.3. The highest BCUT2D eigenvalue weighted by Gasteiger charge is 2.15. The van der Waals surface area contributed by atoms with Crippen LogP contribution in [0, 0.1) is 0 Å². The molecule has 3 heteroatoms. The summed E-state index contributed by atoms with van der Waals surface area (Å²) < 4.78 is 0. The van der Waals surface area contributed by atoms with Crippen molar-refractivity contribution < 1.29 is 9.90 Å². The van der Waals surface area contributed by atoms with Crippen LogP contribution in [0.5, 0.6) is 0 Å². The maximum Gasteiger partial charge on any atom is 0.346 e. The molecule has 102 valence electrons. The fourth-order valence-corrected chi connectivity index (χ4v) is 2.86. The summed E-state index contributed by atoms with van der Waals surface area (Å²) in [7, 11) is 0. The number of hydrogen-bond acceptors (Lipinski definition) is 2. The summed E-state index contributed by atoms with van der Waals surface area (Å²) in [5.74, 6) is -0.819. The minimum atomic E-state index is -0.819. The number of thiophene rings is 1. The Morgan fingerprint density at radius 2 is 1.84 bits per heavy atom. The molecule has 0 bridgehead atoms. The van der Waals surface area contributed by atoms with Crippen molar-refractivity contribution >= 4 is 17.3 Å². The zero-order valence-corrected chi connectivity index (χ0v) is 12.5. The quantitative estimate of drug-likeness (QED) is 0.844. The van der Waals surface area contributed by atoms with Gasteiger partial charge in [0.15, 0.2) is 0 Å². The first-order valence-corrected chi connectivity index (χ1v) is 7.45. The first kappa shape index (κ1) is 15.4. The Morgan fingerprint density at radius 3 is 2.37 bits per heavy atom. The number of aromatic carboxylic acids is 1. The molecule has 2 rings (SSSR count). The highest BCUT2D eigenvalue weighted by atomic mass is 32.1. The molecule has 1 heterocycles. The normalized spacial score (nSPS) is 9.63. The third-order valence-electron chi connectivity index (χ3n) is 2.58. The van der Waals surface area contributed by atoms with Gasteiger partial charge in [0.05, 0.1) is 0 Å². The third-order valence-corrected chi connectivity index (χ3v) is 3.80. The SMILES string of the molecule is CC.CCCc1cc(-c2ccccc2)sc1C(=O)O. The molecule has 0 atom stereocenters. The van der Waals surface area contributed by atoms with Gasteiger partial charge in [0.1, 0.15) is 4.88 Å². The Morgan fingerprint density at radius 1 is 1.21 bits per heavy atom. The van der Waals surface area contributed by atoms with E-state index in [-0.39, 0.29) is 0 Å². The molecule has 0 aliphatic carbocycles. The van der Waals surface area contributed by atoms with Crippen LogP contribution in [0.3, 0.4) is 0 Å². The van der Waals surface area contributed by atoms with Crippen LogP contribution in [0.1, 0.15) is 42.4 Å². The summed E-state index contributed by atoms with van der Waals surface area (Å²) in [6, 6.07) is 11.9. The molecule has 0 aliphatic rings. The molecular formula is C16H20O2S. The van der Waals surface area contributed by atoms with E-state index in [0.717, 1.165) is 28.8 Å². The van der Waals surface area contributed by atoms with Crippen LogP contribution in [0.4, 0.5) is 0 Å². The highest BCUT2D eigenvalue weighted by Crippen LogP contribution is 2.32. The van der Waals surface area contributed by atoms with Crippen molar-refractivity contribution in [2.24, 2.45) is 0 Å². The topological polar surface area (TPSA) is 37.3 Å². The lowest BCUT2D eigenvalue weighted by atomic mass is 10.1. The number of carbonyl (C=O) groups is 1. The van der Waals surface area contributed by atoms with Gasteiger partial charge in [0.2, 0.25) is 0 Å². The highest BCUT2D eigenvalue weighted by molar-refractivity contribution is 7.17. The fraction of sp³-hybridized carbons (Fsp3) is 0.312. The maximum absolute atomic E-state index is 11.2. The molecule has 19 heavy (non-hydrogen) atoms. The summed E-state index contributed by atoms with van der Waals surface area (Å²) in [5.41, 5.74) is 2.03. The van der Waals surface area contributed by atoms with Gasteiger partial charge in [0.25, 0.3) is 0 Å². The fourth-order valence-electron chi connectivity index (χ4n) is 1.81. The van der Waals surface area contributed by atoms with Gasteiger partial charge in [-0.05, 0) is 23.6 Å². The third kappa shape index (κ3) is 3.93. The maximum atomic E-state index is 11.2. The lowest BCUT2D eigenvalue weighted by Crippen LogP contribution is -1.96. The van der Waals surface area contributed by atoms with E-state index in [4.69, 9.17) is 5.11 Å². The van der Waals surface area contributed by atoms with E-state index in [0.29, 0.717) is 4.88 Å². The van der Waals surface area contributed by atoms with E-state index in [1.165, 1.54) is 11.3 Å². The molecule has 1 aromatic carbocycles. The second-order valence-electron chi connectivity index (χ2n) is 3.89. The Kier molecular flexibility index (Phi) is 6.30. The molecule has 0 unspecified atom stereocenters. The van der Waals surface area contributed by atoms with E-state index < -0.39 is 5.97 Å². The standard InChI is InChI=1S/C14H14O2S.C2H6/c1-2-6-11-9-12(17-13(11)14(15)16)10-7-4-3-5-8-10;1-2/h3-5,7-9H,2,6H2,1H3,(H,15,16);1-2H3. The van der Waals surface area contributed by atoms with Crippen LogP contribution in [0.15, 0.2) is 36.4 Å². The number of hydrogen-bond donors (Lipinski definition) is 1. The van der Waals surface area contributed by atoms with Gasteiger partial charge in [-0.2, -0.15) is 0 Å². The van der Waals surface area contributed by atoms with Crippen LogP contribution < -0.4 is 0 Å². The molecule has 0 radical (unpaired) electrons. The van der Waals surface area contributed by atoms with Gasteiger partial charge >= 0.3 is 5.97 Å². The number of benzene rings is 1. The van der Waals surface area contributed by atoms with Crippen molar-refractivity contribution in [3.05, 3.63) is 46.8 Å². The van der Waals surface area contributed by atoms with E-state index in [2.05, 4.69) is 6.92 Å². The molecule has 0 fully saturated rings. The molecule has 1 N–H and O–H groups in total. The zero-order valence-electron chi connectivity index (χ0n) is 11.6. The second-order valence-corrected chi connectivity index (χ2v) is 4.94. The summed E-state index contributed by atoms with van der Waals surface area (Å²) >= 11 is 1.36. The van der Waals surface area contributed by atoms with E-state index in [9.17, 15) is 4.79 Å². The Hall–Kier alpha value is -1.61. The Labute approximate surface area is 118 Å². The molecular weight excluding hydrogens is 256 g/mol. The lowest BCUT2D eigenvalue weighted by molar-refractivity contribution is 0.0701. The van der Waals surface area contributed by atoms with Crippen molar-refractivity contribution in [3.8, 4) is 10.4 Å². The minimum absolute atomic E-state index is 0.478. The predicted octanol–water partition coefficient (Wildman–Crippen LogP) is 5.09. The van der Waals surface area contributed by atoms with Crippen molar-refractivity contribution in [1.29, 1.82) is 0 Å². The smallest absolute Gasteiger partial charge is 0.346 e. The average molecular weight is 276 g/mol. The largest absolute Gasteiger partial charge is 0.477 e. The van der Waals surface area contributed by atoms with Crippen molar-refractivity contribution in [3.63, 3.8) is 0 Å². The van der Waals surface area contributed by atoms with Crippen LogP contribution in [-0.4, -0.2) is 11.1 Å². The Balaban J connectivity index is 0.000000861. The summed E-state index contributed by atoms with van der Waals surface area (Å²) in [6.45, 7) is 6.06. The number of carboxylic acids is 1. The van der Waals surface area contributed by atoms with Crippen LogP contribution in [0.2, 0.25) is 0 Å². The second kappa shape index (κ2) is 7.74. The van der Waals surface area contributed by atoms with Gasteiger partial charge in [-0.3, -0.25) is 0 Å². The van der Waals surface area contributed by atoms with Gasteiger partial charge in [-0.1, -0.05) is 57.5 Å². The molecule has 2 aromatic rings. The van der Waals surface area contributed by atoms with Crippen LogP contribution in [-0.2, 0) is 6.42 Å². The first-order chi connectivity index (χ1) is 9.22. The van der Waals surface area contributed by atoms with Crippen molar-refractivity contribution in [2.75, 3.05) is 0 Å². The molecule has 0 amide bonds. The number of carboxylic acid groups (broad SMARTS) is 1. The number of rotatable bonds is 4. The summed E-state index contributed by atoms with van der Waals surface area (Å²) in [4.78, 5) is 12.7. The van der Waals surface area contributed by atoms with Crippen LogP contribution in [0.25, 0.3) is 10.4 Å². The molecule has 0 saturated heterocycles. The monoisotopic (exact) mass is 276 g/mol. The molecule has 0 saturated carbocycles. The predicted molar refractivity (Wildman–Crippen MR) is 82.1 cm³/mol. The van der Waals surface area contributed by atoms with Crippen molar-refractivity contribution in [2.45, 2.75) is 33.6 Å². The first-order valence-electron chi connectivity index (χ1n) is 6.63. The summed E-state index contributed by atoms with van der Waals surface area (Å²) in [6.07, 6.45) is 1.79. The van der Waals surface area contributed by atoms with E-state index in [1.54, 1.807) is 0 Å².